The SMILES string of the molecule is N#Cc1ccnc(O[C@H]2CCCN(S(=O)(=O)c3ccccc3)C2)c1. The molecular weight excluding hydrogens is 326 g/mol. The Morgan fingerprint density at radius 1 is 1.25 bits per heavy atom. The van der Waals surface area contributed by atoms with E-state index < -0.39 is 10.0 Å². The molecule has 2 aromatic rings. The number of ether oxygens (including phenoxy) is 1. The number of hydrogen-bond donors (Lipinski definition) is 0. The van der Waals surface area contributed by atoms with Crippen molar-refractivity contribution >= 4 is 10.0 Å². The summed E-state index contributed by atoms with van der Waals surface area (Å²) in [6.45, 7) is 0.748. The fourth-order valence-corrected chi connectivity index (χ4v) is 4.21. The first-order chi connectivity index (χ1) is 11.6. The molecular formula is C17H17N3O3S. The number of aromatic nitrogens is 1. The quantitative estimate of drug-likeness (QED) is 0.850. The van der Waals surface area contributed by atoms with Crippen molar-refractivity contribution in [2.75, 3.05) is 13.1 Å². The molecule has 0 aliphatic carbocycles. The highest BCUT2D eigenvalue weighted by Crippen LogP contribution is 2.23. The summed E-state index contributed by atoms with van der Waals surface area (Å²) in [6, 6.07) is 13.6. The lowest BCUT2D eigenvalue weighted by atomic mass is 10.1. The van der Waals surface area contributed by atoms with E-state index in [1.807, 2.05) is 6.07 Å². The number of rotatable bonds is 4. The lowest BCUT2D eigenvalue weighted by Gasteiger charge is -2.31. The molecule has 1 saturated heterocycles. The van der Waals surface area contributed by atoms with Gasteiger partial charge in [0.25, 0.3) is 0 Å². The molecule has 2 heterocycles. The van der Waals surface area contributed by atoms with Crippen molar-refractivity contribution in [1.29, 1.82) is 5.26 Å². The van der Waals surface area contributed by atoms with Crippen LogP contribution in [0.15, 0.2) is 53.6 Å². The van der Waals surface area contributed by atoms with Crippen LogP contribution in [-0.2, 0) is 10.0 Å². The van der Waals surface area contributed by atoms with Gasteiger partial charge in [-0.05, 0) is 31.0 Å². The van der Waals surface area contributed by atoms with Crippen LogP contribution in [0.3, 0.4) is 0 Å². The molecule has 1 aromatic carbocycles. The van der Waals surface area contributed by atoms with Crippen LogP contribution in [0.1, 0.15) is 18.4 Å². The Bertz CT molecular complexity index is 847. The Hall–Kier alpha value is -2.43. The molecule has 3 rings (SSSR count). The maximum Gasteiger partial charge on any atom is 0.243 e. The van der Waals surface area contributed by atoms with Crippen LogP contribution in [-0.4, -0.2) is 36.9 Å². The summed E-state index contributed by atoms with van der Waals surface area (Å²) in [7, 11) is -3.52. The van der Waals surface area contributed by atoms with Crippen LogP contribution in [0.5, 0.6) is 5.88 Å². The predicted molar refractivity (Wildman–Crippen MR) is 87.8 cm³/mol. The molecule has 0 bridgehead atoms. The van der Waals surface area contributed by atoms with E-state index in [1.54, 1.807) is 42.5 Å². The molecule has 0 unspecified atom stereocenters. The van der Waals surface area contributed by atoms with Gasteiger partial charge in [-0.15, -0.1) is 0 Å². The van der Waals surface area contributed by atoms with Gasteiger partial charge in [0, 0.05) is 18.8 Å². The van der Waals surface area contributed by atoms with Crippen molar-refractivity contribution < 1.29 is 13.2 Å². The normalized spacial score (nSPS) is 18.7. The van der Waals surface area contributed by atoms with E-state index in [-0.39, 0.29) is 17.5 Å². The molecule has 0 amide bonds. The highest BCUT2D eigenvalue weighted by atomic mass is 32.2. The molecule has 0 N–H and O–H groups in total. The molecule has 1 aromatic heterocycles. The minimum Gasteiger partial charge on any atom is -0.473 e. The van der Waals surface area contributed by atoms with E-state index in [0.717, 1.165) is 6.42 Å². The van der Waals surface area contributed by atoms with Crippen LogP contribution in [0.2, 0.25) is 0 Å². The summed E-state index contributed by atoms with van der Waals surface area (Å²) in [4.78, 5) is 4.37. The van der Waals surface area contributed by atoms with Gasteiger partial charge in [0.2, 0.25) is 15.9 Å². The molecule has 1 aliphatic rings. The lowest BCUT2D eigenvalue weighted by molar-refractivity contribution is 0.124. The first-order valence-electron chi connectivity index (χ1n) is 7.67. The topological polar surface area (TPSA) is 83.3 Å². The van der Waals surface area contributed by atoms with Crippen molar-refractivity contribution in [3.8, 4) is 11.9 Å². The Morgan fingerprint density at radius 3 is 2.79 bits per heavy atom. The molecule has 24 heavy (non-hydrogen) atoms. The van der Waals surface area contributed by atoms with E-state index in [2.05, 4.69) is 4.98 Å². The van der Waals surface area contributed by atoms with Crippen LogP contribution in [0.4, 0.5) is 0 Å². The third kappa shape index (κ3) is 3.55. The zero-order valence-corrected chi connectivity index (χ0v) is 13.8. The number of hydrogen-bond acceptors (Lipinski definition) is 5. The number of pyridine rings is 1. The van der Waals surface area contributed by atoms with Gasteiger partial charge in [0.05, 0.1) is 23.1 Å². The van der Waals surface area contributed by atoms with E-state index in [0.29, 0.717) is 24.4 Å². The first-order valence-corrected chi connectivity index (χ1v) is 9.11. The Kier molecular flexibility index (Phi) is 4.79. The molecule has 6 nitrogen and oxygen atoms in total. The third-order valence-corrected chi connectivity index (χ3v) is 5.75. The van der Waals surface area contributed by atoms with Gasteiger partial charge >= 0.3 is 0 Å². The van der Waals surface area contributed by atoms with Crippen LogP contribution < -0.4 is 4.74 Å². The summed E-state index contributed by atoms with van der Waals surface area (Å²) in [5.74, 6) is 0.345. The molecule has 0 spiro atoms. The molecule has 1 aliphatic heterocycles. The monoisotopic (exact) mass is 343 g/mol. The van der Waals surface area contributed by atoms with Crippen LogP contribution >= 0.6 is 0 Å². The highest BCUT2D eigenvalue weighted by molar-refractivity contribution is 7.89. The fourth-order valence-electron chi connectivity index (χ4n) is 2.68. The second kappa shape index (κ2) is 6.99. The minimum absolute atomic E-state index is 0.274. The van der Waals surface area contributed by atoms with Crippen LogP contribution in [0, 0.1) is 11.3 Å². The standard InChI is InChI=1S/C17H17N3O3S/c18-12-14-8-9-19-17(11-14)23-15-5-4-10-20(13-15)24(21,22)16-6-2-1-3-7-16/h1-3,6-9,11,15H,4-5,10,13H2/t15-/m0/s1. The summed E-state index contributed by atoms with van der Waals surface area (Å²) < 4.78 is 32.6. The van der Waals surface area contributed by atoms with E-state index >= 15 is 0 Å². The molecule has 1 atom stereocenters. The smallest absolute Gasteiger partial charge is 0.243 e. The number of nitrogens with zero attached hydrogens (tertiary/aromatic N) is 3. The lowest BCUT2D eigenvalue weighted by Crippen LogP contribution is -2.44. The van der Waals surface area contributed by atoms with Gasteiger partial charge in [0.15, 0.2) is 0 Å². The summed E-state index contributed by atoms with van der Waals surface area (Å²) in [6.07, 6.45) is 2.70. The fraction of sp³-hybridized carbons (Fsp3) is 0.294. The first kappa shape index (κ1) is 16.4. The summed E-state index contributed by atoms with van der Waals surface area (Å²) >= 11 is 0. The van der Waals surface area contributed by atoms with Gasteiger partial charge in [-0.3, -0.25) is 0 Å². The average molecular weight is 343 g/mol. The zero-order valence-electron chi connectivity index (χ0n) is 13.0. The highest BCUT2D eigenvalue weighted by Gasteiger charge is 2.31. The number of piperidine rings is 1. The second-order valence-corrected chi connectivity index (χ2v) is 7.49. The Labute approximate surface area is 141 Å². The van der Waals surface area contributed by atoms with E-state index in [9.17, 15) is 8.42 Å². The van der Waals surface area contributed by atoms with E-state index in [4.69, 9.17) is 10.00 Å². The zero-order chi connectivity index (χ0) is 17.0. The minimum atomic E-state index is -3.52. The predicted octanol–water partition coefficient (Wildman–Crippen LogP) is 2.19. The third-order valence-electron chi connectivity index (χ3n) is 3.87. The van der Waals surface area contributed by atoms with E-state index in [1.165, 1.54) is 10.5 Å². The molecule has 124 valence electrons. The summed E-state index contributed by atoms with van der Waals surface area (Å²) in [5.41, 5.74) is 0.463. The van der Waals surface area contributed by atoms with Gasteiger partial charge in [-0.2, -0.15) is 9.57 Å². The number of nitriles is 1. The van der Waals surface area contributed by atoms with Crippen molar-refractivity contribution in [1.82, 2.24) is 9.29 Å². The van der Waals surface area contributed by atoms with Crippen molar-refractivity contribution in [2.24, 2.45) is 0 Å². The van der Waals surface area contributed by atoms with Crippen LogP contribution in [0.25, 0.3) is 0 Å². The number of benzene rings is 1. The van der Waals surface area contributed by atoms with Gasteiger partial charge < -0.3 is 4.74 Å². The van der Waals surface area contributed by atoms with Crippen molar-refractivity contribution in [3.05, 3.63) is 54.2 Å². The summed E-state index contributed by atoms with van der Waals surface area (Å²) in [5, 5.41) is 8.92. The van der Waals surface area contributed by atoms with Crippen molar-refractivity contribution in [2.45, 2.75) is 23.8 Å². The largest absolute Gasteiger partial charge is 0.473 e. The molecule has 1 fully saturated rings. The number of sulfonamides is 1. The van der Waals surface area contributed by atoms with Crippen molar-refractivity contribution in [3.63, 3.8) is 0 Å². The Balaban J connectivity index is 1.74. The second-order valence-electron chi connectivity index (χ2n) is 5.55. The Morgan fingerprint density at radius 2 is 2.04 bits per heavy atom. The maximum atomic E-state index is 12.7. The van der Waals surface area contributed by atoms with Gasteiger partial charge in [-0.1, -0.05) is 18.2 Å². The molecule has 7 heteroatoms. The van der Waals surface area contributed by atoms with Gasteiger partial charge in [0.1, 0.15) is 6.10 Å². The average Bonchev–Trinajstić information content (AvgIpc) is 2.63. The maximum absolute atomic E-state index is 12.7. The van der Waals surface area contributed by atoms with Gasteiger partial charge in [-0.25, -0.2) is 13.4 Å². The molecule has 0 radical (unpaired) electrons. The molecule has 0 saturated carbocycles.